The molecule has 0 amide bonds. The molecular formula is C19H14O. The summed E-state index contributed by atoms with van der Waals surface area (Å²) in [4.78, 5) is 12.5. The van der Waals surface area contributed by atoms with E-state index in [-0.39, 0.29) is 5.78 Å². The first-order valence-electron chi connectivity index (χ1n) is 6.53. The van der Waals surface area contributed by atoms with Crippen LogP contribution in [0.1, 0.15) is 15.9 Å². The number of carbonyl (C=O) groups excluding carboxylic acids is 1. The molecule has 0 heterocycles. The van der Waals surface area contributed by atoms with Gasteiger partial charge in [0, 0.05) is 11.1 Å². The van der Waals surface area contributed by atoms with Crippen LogP contribution in [0.3, 0.4) is 0 Å². The van der Waals surface area contributed by atoms with Crippen LogP contribution in [0.15, 0.2) is 79.4 Å². The van der Waals surface area contributed by atoms with Crippen LogP contribution in [-0.4, -0.2) is 5.78 Å². The van der Waals surface area contributed by atoms with E-state index in [0.29, 0.717) is 11.1 Å². The lowest BCUT2D eigenvalue weighted by atomic mass is 9.96. The van der Waals surface area contributed by atoms with Crippen LogP contribution in [0, 0.1) is 0 Å². The van der Waals surface area contributed by atoms with Crippen molar-refractivity contribution in [2.75, 3.05) is 0 Å². The first kappa shape index (κ1) is 12.4. The lowest BCUT2D eigenvalue weighted by Gasteiger charge is -2.06. The van der Waals surface area contributed by atoms with Crippen molar-refractivity contribution >= 4 is 22.1 Å². The molecule has 0 N–H and O–H groups in total. The van der Waals surface area contributed by atoms with Crippen LogP contribution in [-0.2, 0) is 0 Å². The average molecular weight is 258 g/mol. The number of ketones is 1. The van der Waals surface area contributed by atoms with E-state index in [1.807, 2.05) is 72.8 Å². The molecule has 0 bridgehead atoms. The largest absolute Gasteiger partial charge is 0.289 e. The van der Waals surface area contributed by atoms with Crippen molar-refractivity contribution in [3.05, 3.63) is 90.5 Å². The monoisotopic (exact) mass is 258 g/mol. The van der Waals surface area contributed by atoms with Gasteiger partial charge in [0.2, 0.25) is 0 Å². The van der Waals surface area contributed by atoms with Crippen molar-refractivity contribution in [2.45, 2.75) is 0 Å². The highest BCUT2D eigenvalue weighted by Crippen LogP contribution is 2.21. The first-order valence-corrected chi connectivity index (χ1v) is 6.53. The average Bonchev–Trinajstić information content (AvgIpc) is 2.54. The molecule has 0 aliphatic rings. The van der Waals surface area contributed by atoms with Crippen LogP contribution in [0.5, 0.6) is 0 Å². The van der Waals surface area contributed by atoms with Gasteiger partial charge in [-0.15, -0.1) is 0 Å². The second kappa shape index (κ2) is 5.14. The fraction of sp³-hybridized carbons (Fsp3) is 0. The molecule has 3 rings (SSSR count). The van der Waals surface area contributed by atoms with Crippen LogP contribution in [0.4, 0.5) is 0 Å². The van der Waals surface area contributed by atoms with Gasteiger partial charge in [-0.05, 0) is 22.4 Å². The minimum Gasteiger partial charge on any atom is -0.289 e. The van der Waals surface area contributed by atoms with Crippen molar-refractivity contribution in [3.8, 4) is 0 Å². The number of rotatable bonds is 3. The van der Waals surface area contributed by atoms with Crippen molar-refractivity contribution in [1.82, 2.24) is 0 Å². The number of allylic oxidation sites excluding steroid dienone is 1. The fourth-order valence-corrected chi connectivity index (χ4v) is 2.28. The quantitative estimate of drug-likeness (QED) is 0.490. The van der Waals surface area contributed by atoms with Gasteiger partial charge in [0.1, 0.15) is 0 Å². The van der Waals surface area contributed by atoms with E-state index in [9.17, 15) is 4.79 Å². The lowest BCUT2D eigenvalue weighted by molar-refractivity contribution is 0.105. The zero-order valence-electron chi connectivity index (χ0n) is 11.0. The van der Waals surface area contributed by atoms with Gasteiger partial charge in [0.25, 0.3) is 0 Å². The highest BCUT2D eigenvalue weighted by molar-refractivity contribution is 6.28. The van der Waals surface area contributed by atoms with Crippen LogP contribution < -0.4 is 0 Å². The van der Waals surface area contributed by atoms with Crippen LogP contribution in [0.2, 0.25) is 0 Å². The molecule has 1 heteroatoms. The number of carbonyl (C=O) groups is 1. The SMILES string of the molecule is C=C(C(=O)c1ccc2ccccc2c1)c1ccccc1. The predicted octanol–water partition coefficient (Wildman–Crippen LogP) is 4.74. The van der Waals surface area contributed by atoms with E-state index in [2.05, 4.69) is 6.58 Å². The van der Waals surface area contributed by atoms with Gasteiger partial charge in [0.15, 0.2) is 5.78 Å². The molecule has 3 aromatic rings. The molecule has 0 aromatic heterocycles. The molecule has 0 saturated heterocycles. The molecule has 0 spiro atoms. The molecule has 3 aromatic carbocycles. The van der Waals surface area contributed by atoms with E-state index >= 15 is 0 Å². The molecule has 0 radical (unpaired) electrons. The Hall–Kier alpha value is -2.67. The van der Waals surface area contributed by atoms with Gasteiger partial charge in [-0.2, -0.15) is 0 Å². The zero-order valence-corrected chi connectivity index (χ0v) is 11.0. The van der Waals surface area contributed by atoms with E-state index in [1.165, 1.54) is 0 Å². The van der Waals surface area contributed by atoms with Crippen molar-refractivity contribution < 1.29 is 4.79 Å². The Morgan fingerprint density at radius 1 is 0.700 bits per heavy atom. The summed E-state index contributed by atoms with van der Waals surface area (Å²) in [5.74, 6) is -0.0260. The Bertz CT molecular complexity index is 785. The Balaban J connectivity index is 1.98. The second-order valence-electron chi connectivity index (χ2n) is 4.74. The molecular weight excluding hydrogens is 244 g/mol. The van der Waals surface area contributed by atoms with Gasteiger partial charge >= 0.3 is 0 Å². The maximum absolute atomic E-state index is 12.5. The number of fused-ring (bicyclic) bond motifs is 1. The highest BCUT2D eigenvalue weighted by Gasteiger charge is 2.12. The van der Waals surface area contributed by atoms with Gasteiger partial charge in [-0.3, -0.25) is 4.79 Å². The van der Waals surface area contributed by atoms with Gasteiger partial charge < -0.3 is 0 Å². The van der Waals surface area contributed by atoms with E-state index < -0.39 is 0 Å². The minimum absolute atomic E-state index is 0.0260. The summed E-state index contributed by atoms with van der Waals surface area (Å²) in [5, 5.41) is 2.20. The topological polar surface area (TPSA) is 17.1 Å². The summed E-state index contributed by atoms with van der Waals surface area (Å²) >= 11 is 0. The smallest absolute Gasteiger partial charge is 0.193 e. The summed E-state index contributed by atoms with van der Waals surface area (Å²) in [6, 6.07) is 23.3. The molecule has 0 fully saturated rings. The van der Waals surface area contributed by atoms with Gasteiger partial charge in [0.05, 0.1) is 0 Å². The molecule has 96 valence electrons. The highest BCUT2D eigenvalue weighted by atomic mass is 16.1. The molecule has 0 aliphatic heterocycles. The van der Waals surface area contributed by atoms with Gasteiger partial charge in [-0.25, -0.2) is 0 Å². The summed E-state index contributed by atoms with van der Waals surface area (Å²) < 4.78 is 0. The van der Waals surface area contributed by atoms with Crippen LogP contribution in [0.25, 0.3) is 16.3 Å². The maximum Gasteiger partial charge on any atom is 0.193 e. The summed E-state index contributed by atoms with van der Waals surface area (Å²) in [7, 11) is 0. The lowest BCUT2D eigenvalue weighted by Crippen LogP contribution is -2.01. The third-order valence-electron chi connectivity index (χ3n) is 3.41. The maximum atomic E-state index is 12.5. The summed E-state index contributed by atoms with van der Waals surface area (Å²) in [6.45, 7) is 3.93. The standard InChI is InChI=1S/C19H14O/c1-14(15-7-3-2-4-8-15)19(20)18-12-11-16-9-5-6-10-17(16)13-18/h2-13H,1H2. The van der Waals surface area contributed by atoms with E-state index in [0.717, 1.165) is 16.3 Å². The van der Waals surface area contributed by atoms with Crippen molar-refractivity contribution in [3.63, 3.8) is 0 Å². The van der Waals surface area contributed by atoms with E-state index in [4.69, 9.17) is 0 Å². The summed E-state index contributed by atoms with van der Waals surface area (Å²) in [5.41, 5.74) is 2.07. The number of hydrogen-bond donors (Lipinski definition) is 0. The second-order valence-corrected chi connectivity index (χ2v) is 4.74. The zero-order chi connectivity index (χ0) is 13.9. The molecule has 1 nitrogen and oxygen atoms in total. The Morgan fingerprint density at radius 2 is 1.35 bits per heavy atom. The van der Waals surface area contributed by atoms with Gasteiger partial charge in [-0.1, -0.05) is 73.3 Å². The fourth-order valence-electron chi connectivity index (χ4n) is 2.28. The molecule has 0 saturated carbocycles. The number of benzene rings is 3. The molecule has 0 atom stereocenters. The Labute approximate surface area is 118 Å². The third kappa shape index (κ3) is 2.26. The van der Waals surface area contributed by atoms with Crippen LogP contribution >= 0.6 is 0 Å². The number of hydrogen-bond acceptors (Lipinski definition) is 1. The van der Waals surface area contributed by atoms with Crippen molar-refractivity contribution in [2.24, 2.45) is 0 Å². The molecule has 0 aliphatic carbocycles. The number of Topliss-reactive ketones (excluding diaryl/α,β-unsaturated/α-hetero) is 1. The normalized spacial score (nSPS) is 10.4. The Kier molecular flexibility index (Phi) is 3.18. The van der Waals surface area contributed by atoms with Crippen molar-refractivity contribution in [1.29, 1.82) is 0 Å². The summed E-state index contributed by atoms with van der Waals surface area (Å²) in [6.07, 6.45) is 0. The minimum atomic E-state index is -0.0260. The molecule has 0 unspecified atom stereocenters. The molecule has 20 heavy (non-hydrogen) atoms. The third-order valence-corrected chi connectivity index (χ3v) is 3.41. The Morgan fingerprint density at radius 3 is 2.10 bits per heavy atom. The predicted molar refractivity (Wildman–Crippen MR) is 83.8 cm³/mol. The van der Waals surface area contributed by atoms with E-state index in [1.54, 1.807) is 0 Å². The first-order chi connectivity index (χ1) is 9.75.